The number of nitrogens with two attached hydrogens (primary N) is 10. The van der Waals surface area contributed by atoms with E-state index >= 15 is 0 Å². The first-order valence-corrected chi connectivity index (χ1v) is 31.1. The van der Waals surface area contributed by atoms with Gasteiger partial charge in [0.1, 0.15) is 6.04 Å². The molecule has 30 heteroatoms. The number of rotatable bonds is 55. The van der Waals surface area contributed by atoms with Crippen LogP contribution in [0.25, 0.3) is 0 Å². The predicted molar refractivity (Wildman–Crippen MR) is 330 cm³/mol. The van der Waals surface area contributed by atoms with Gasteiger partial charge in [0, 0.05) is 52.4 Å². The quantitative estimate of drug-likeness (QED) is 0.0254. The molecule has 0 saturated heterocycles. The van der Waals surface area contributed by atoms with E-state index in [1.807, 2.05) is 0 Å². The minimum Gasteiger partial charge on any atom is -0.480 e. The number of aliphatic carboxylic acids is 1. The van der Waals surface area contributed by atoms with Crippen LogP contribution in [-0.2, 0) is 47.9 Å². The zero-order valence-electron chi connectivity index (χ0n) is 51.8. The summed E-state index contributed by atoms with van der Waals surface area (Å²) in [6.45, 7) is -0.251. The lowest BCUT2D eigenvalue weighted by atomic mass is 10.1. The molecule has 0 spiro atoms. The molecule has 0 bridgehead atoms. The van der Waals surface area contributed by atoms with Gasteiger partial charge in [-0.25, -0.2) is 4.79 Å². The maximum atomic E-state index is 14.6. The Labute approximate surface area is 510 Å². The van der Waals surface area contributed by atoms with Crippen molar-refractivity contribution in [1.29, 1.82) is 0 Å². The molecule has 0 aromatic heterocycles. The van der Waals surface area contributed by atoms with Crippen LogP contribution in [0.4, 0.5) is 0 Å². The number of nitrogens with zero attached hydrogens (tertiary/aromatic N) is 8. The highest BCUT2D eigenvalue weighted by molar-refractivity contribution is 5.94. The minimum atomic E-state index is -1.23. The van der Waals surface area contributed by atoms with E-state index in [1.165, 1.54) is 39.2 Å². The first-order chi connectivity index (χ1) is 41.4. The number of unbranched alkanes of at least 4 members (excludes halogenated alkanes) is 9. The average molecular weight is 1230 g/mol. The van der Waals surface area contributed by atoms with Crippen molar-refractivity contribution < 1.29 is 53.1 Å². The van der Waals surface area contributed by atoms with Crippen molar-refractivity contribution in [2.75, 3.05) is 170 Å². The van der Waals surface area contributed by atoms with Gasteiger partial charge >= 0.3 is 5.97 Å². The Kier molecular flexibility index (Phi) is 47.9. The van der Waals surface area contributed by atoms with E-state index in [0.717, 1.165) is 0 Å². The van der Waals surface area contributed by atoms with E-state index in [1.54, 1.807) is 0 Å². The number of carbonyl (C=O) groups excluding carboxylic acids is 9. The number of hydrogen-bond acceptors (Lipinski definition) is 20. The van der Waals surface area contributed by atoms with Crippen molar-refractivity contribution in [2.45, 2.75) is 128 Å². The monoisotopic (exact) mass is 1230 g/mol. The fourth-order valence-corrected chi connectivity index (χ4v) is 9.05. The summed E-state index contributed by atoms with van der Waals surface area (Å²) >= 11 is 0. The molecule has 498 valence electrons. The van der Waals surface area contributed by atoms with Gasteiger partial charge in [-0.15, -0.1) is 0 Å². The highest BCUT2D eigenvalue weighted by atomic mass is 16.4. The Balaban J connectivity index is 7.02. The molecule has 0 aliphatic carbocycles. The smallest absolute Gasteiger partial charge is 0.326 e. The van der Waals surface area contributed by atoms with Crippen LogP contribution in [0.5, 0.6) is 0 Å². The molecule has 0 saturated carbocycles. The zero-order valence-corrected chi connectivity index (χ0v) is 51.8. The largest absolute Gasteiger partial charge is 0.480 e. The van der Waals surface area contributed by atoms with E-state index < -0.39 is 111 Å². The fourth-order valence-electron chi connectivity index (χ4n) is 9.05. The van der Waals surface area contributed by atoms with Gasteiger partial charge in [-0.2, -0.15) is 0 Å². The lowest BCUT2D eigenvalue weighted by molar-refractivity contribution is -0.149. The van der Waals surface area contributed by atoms with Gasteiger partial charge in [0.15, 0.2) is 0 Å². The molecular formula is C56H113N19O11. The Morgan fingerprint density at radius 3 is 0.640 bits per heavy atom. The van der Waals surface area contributed by atoms with E-state index in [0.29, 0.717) is 161 Å². The molecule has 0 radical (unpaired) electrons. The average Bonchev–Trinajstić information content (AvgIpc) is 3.67. The SMILES string of the molecule is NCCCC[C@H](NC(=O)CN(CCCCN)C(=O)CN(CCCCN)C(=O)CN(CCCCN)C(=O)CN(CCCCN)C(=O)CN(CCCCN)C(=O)CN(CCCCN)C(=O)CN(CCCCN)C(=O)CN(CCCCN)C(=O)CN)C(=O)O. The number of carboxylic acid groups (broad SMARTS) is 1. The number of amides is 9. The van der Waals surface area contributed by atoms with E-state index in [-0.39, 0.29) is 85.0 Å². The summed E-state index contributed by atoms with van der Waals surface area (Å²) in [7, 11) is 0. The molecule has 1 atom stereocenters. The summed E-state index contributed by atoms with van der Waals surface area (Å²) in [5.41, 5.74) is 57.7. The van der Waals surface area contributed by atoms with Crippen molar-refractivity contribution in [3.05, 3.63) is 0 Å². The third kappa shape index (κ3) is 36.4. The van der Waals surface area contributed by atoms with Crippen molar-refractivity contribution in [2.24, 2.45) is 57.3 Å². The van der Waals surface area contributed by atoms with Crippen LogP contribution >= 0.6 is 0 Å². The van der Waals surface area contributed by atoms with Gasteiger partial charge in [-0.05, 0) is 181 Å². The molecule has 22 N–H and O–H groups in total. The number of carboxylic acids is 1. The van der Waals surface area contributed by atoms with Gasteiger partial charge in [0.05, 0.1) is 58.9 Å². The van der Waals surface area contributed by atoms with E-state index in [2.05, 4.69) is 5.32 Å². The van der Waals surface area contributed by atoms with Crippen LogP contribution in [-0.4, -0.2) is 280 Å². The van der Waals surface area contributed by atoms with Crippen LogP contribution in [0.1, 0.15) is 122 Å². The fraction of sp³-hybridized carbons (Fsp3) is 0.821. The van der Waals surface area contributed by atoms with Gasteiger partial charge in [-0.3, -0.25) is 43.2 Å². The van der Waals surface area contributed by atoms with Crippen LogP contribution in [0.3, 0.4) is 0 Å². The van der Waals surface area contributed by atoms with Crippen molar-refractivity contribution in [3.63, 3.8) is 0 Å². The molecule has 0 rings (SSSR count). The summed E-state index contributed by atoms with van der Waals surface area (Å²) in [6, 6.07) is -1.20. The second kappa shape index (κ2) is 51.4. The lowest BCUT2D eigenvalue weighted by Crippen LogP contribution is -2.53. The van der Waals surface area contributed by atoms with Crippen molar-refractivity contribution in [3.8, 4) is 0 Å². The standard InChI is InChI=1S/C56H113N19O11/c57-20-2-1-19-46(56(85)86)67-47(76)38-68(29-11-3-21-58)49(78)40-70(31-13-5-23-60)51(80)42-72(33-15-7-25-62)53(82)44-74(35-17-9-27-64)55(84)45-75(36-18-10-28-65)54(83)43-73(34-16-8-26-63)52(81)41-71(32-14-6-24-61)50(79)39-69(48(77)37-66)30-12-4-22-59/h46H,1-45,57-66H2,(H,67,76)(H,85,86)/t46-/m0/s1. The zero-order chi connectivity index (χ0) is 64.5. The molecule has 86 heavy (non-hydrogen) atoms. The number of carbonyl (C=O) groups is 10. The molecule has 0 aromatic rings. The third-order valence-corrected chi connectivity index (χ3v) is 14.3. The molecule has 9 amide bonds. The Bertz CT molecular complexity index is 1950. The normalized spacial score (nSPS) is 11.4. The van der Waals surface area contributed by atoms with Crippen molar-refractivity contribution in [1.82, 2.24) is 44.5 Å². The van der Waals surface area contributed by atoms with Gasteiger partial charge in [0.2, 0.25) is 53.2 Å². The topological polar surface area (TPSA) is 489 Å². The summed E-state index contributed by atoms with van der Waals surface area (Å²) in [4.78, 5) is 149. The Morgan fingerprint density at radius 2 is 0.453 bits per heavy atom. The lowest BCUT2D eigenvalue weighted by Gasteiger charge is -2.33. The second-order valence-corrected chi connectivity index (χ2v) is 21.4. The van der Waals surface area contributed by atoms with E-state index in [9.17, 15) is 53.1 Å². The molecular weight excluding hydrogens is 1110 g/mol. The minimum absolute atomic E-state index is 0.0600. The molecule has 0 unspecified atom stereocenters. The summed E-state index contributed by atoms with van der Waals surface area (Å²) in [6.07, 6.45) is 8.76. The number of nitrogens with one attached hydrogen (secondary N) is 1. The molecule has 0 fully saturated rings. The molecule has 30 nitrogen and oxygen atoms in total. The van der Waals surface area contributed by atoms with Gasteiger partial charge in [-0.1, -0.05) is 0 Å². The Morgan fingerprint density at radius 1 is 0.267 bits per heavy atom. The van der Waals surface area contributed by atoms with Crippen LogP contribution in [0, 0.1) is 0 Å². The highest BCUT2D eigenvalue weighted by Crippen LogP contribution is 2.11. The second-order valence-electron chi connectivity index (χ2n) is 21.4. The van der Waals surface area contributed by atoms with Gasteiger partial charge in [0.25, 0.3) is 0 Å². The summed E-state index contributed by atoms with van der Waals surface area (Å²) in [5, 5.41) is 12.3. The maximum Gasteiger partial charge on any atom is 0.326 e. The predicted octanol–water partition coefficient (Wildman–Crippen LogP) is -4.82. The van der Waals surface area contributed by atoms with Crippen molar-refractivity contribution >= 4 is 59.1 Å². The molecule has 0 aliphatic heterocycles. The van der Waals surface area contributed by atoms with Crippen LogP contribution in [0.15, 0.2) is 0 Å². The summed E-state index contributed by atoms with van der Waals surface area (Å²) in [5.74, 6) is -6.37. The summed E-state index contributed by atoms with van der Waals surface area (Å²) < 4.78 is 0. The number of hydrogen-bond donors (Lipinski definition) is 12. The van der Waals surface area contributed by atoms with E-state index in [4.69, 9.17) is 57.3 Å². The van der Waals surface area contributed by atoms with Crippen LogP contribution < -0.4 is 62.7 Å². The van der Waals surface area contributed by atoms with Crippen LogP contribution in [0.2, 0.25) is 0 Å². The highest BCUT2D eigenvalue weighted by Gasteiger charge is 2.31. The first-order valence-electron chi connectivity index (χ1n) is 31.1. The first kappa shape index (κ1) is 80.3. The van der Waals surface area contributed by atoms with Gasteiger partial charge < -0.3 is 107 Å². The molecule has 0 aromatic carbocycles. The molecule has 0 aliphatic rings. The maximum absolute atomic E-state index is 14.6. The molecule has 0 heterocycles. The Hall–Kier alpha value is -5.70. The third-order valence-electron chi connectivity index (χ3n) is 14.3.